The predicted octanol–water partition coefficient (Wildman–Crippen LogP) is -0.202. The topological polar surface area (TPSA) is 72.9 Å². The smallest absolute Gasteiger partial charge is 0.254 e. The number of primary amides is 1. The number of nitrogens with two attached hydrogens (primary N) is 1. The molecule has 5 heteroatoms. The van der Waals surface area contributed by atoms with Gasteiger partial charge < -0.3 is 11.1 Å². The van der Waals surface area contributed by atoms with Crippen molar-refractivity contribution in [3.8, 4) is 0 Å². The van der Waals surface area contributed by atoms with Crippen molar-refractivity contribution in [1.29, 1.82) is 0 Å². The van der Waals surface area contributed by atoms with Crippen LogP contribution >= 0.6 is 0 Å². The van der Waals surface area contributed by atoms with Crippen molar-refractivity contribution in [1.82, 2.24) is 9.78 Å². The van der Waals surface area contributed by atoms with Gasteiger partial charge in [-0.2, -0.15) is 5.10 Å². The van der Waals surface area contributed by atoms with Gasteiger partial charge in [-0.25, -0.2) is 4.68 Å². The second-order valence-corrected chi connectivity index (χ2v) is 2.77. The molecule has 0 radical (unpaired) electrons. The average Bonchev–Trinajstić information content (AvgIpc) is 2.47. The van der Waals surface area contributed by atoms with E-state index in [1.807, 2.05) is 0 Å². The lowest BCUT2D eigenvalue weighted by molar-refractivity contribution is 0.100. The lowest BCUT2D eigenvalue weighted by Gasteiger charge is -2.15. The summed E-state index contributed by atoms with van der Waals surface area (Å²) in [5, 5.41) is 7.12. The van der Waals surface area contributed by atoms with Crippen LogP contribution in [0, 0.1) is 0 Å². The quantitative estimate of drug-likeness (QED) is 0.606. The lowest BCUT2D eigenvalue weighted by Crippen LogP contribution is -2.20. The highest BCUT2D eigenvalue weighted by Gasteiger charge is 2.16. The molecule has 0 aromatic carbocycles. The van der Waals surface area contributed by atoms with Gasteiger partial charge in [0.25, 0.3) is 5.91 Å². The SMILES string of the molecule is NC(=O)c1cnn2c1NCCC2. The van der Waals surface area contributed by atoms with Crippen molar-refractivity contribution >= 4 is 11.7 Å². The molecule has 1 aliphatic heterocycles. The molecular weight excluding hydrogens is 156 g/mol. The molecule has 0 unspecified atom stereocenters. The van der Waals surface area contributed by atoms with Crippen molar-refractivity contribution in [2.45, 2.75) is 13.0 Å². The minimum atomic E-state index is -0.425. The number of hydrogen-bond acceptors (Lipinski definition) is 3. The van der Waals surface area contributed by atoms with Crippen molar-refractivity contribution in [3.63, 3.8) is 0 Å². The van der Waals surface area contributed by atoms with Crippen molar-refractivity contribution < 1.29 is 4.79 Å². The zero-order valence-corrected chi connectivity index (χ0v) is 6.58. The summed E-state index contributed by atoms with van der Waals surface area (Å²) in [6.07, 6.45) is 2.54. The van der Waals surface area contributed by atoms with E-state index in [0.29, 0.717) is 5.56 Å². The summed E-state index contributed by atoms with van der Waals surface area (Å²) in [5.41, 5.74) is 5.63. The van der Waals surface area contributed by atoms with Crippen LogP contribution in [-0.4, -0.2) is 22.2 Å². The van der Waals surface area contributed by atoms with Gasteiger partial charge in [0.15, 0.2) is 0 Å². The normalized spacial score (nSPS) is 15.0. The van der Waals surface area contributed by atoms with Gasteiger partial charge >= 0.3 is 0 Å². The average molecular weight is 166 g/mol. The van der Waals surface area contributed by atoms with E-state index in [1.165, 1.54) is 6.20 Å². The van der Waals surface area contributed by atoms with Crippen molar-refractivity contribution in [2.75, 3.05) is 11.9 Å². The molecule has 1 aromatic heterocycles. The van der Waals surface area contributed by atoms with Crippen LogP contribution in [0.1, 0.15) is 16.8 Å². The van der Waals surface area contributed by atoms with Gasteiger partial charge in [-0.15, -0.1) is 0 Å². The summed E-state index contributed by atoms with van der Waals surface area (Å²) in [5.74, 6) is 0.333. The molecule has 1 aliphatic rings. The Kier molecular flexibility index (Phi) is 1.49. The number of anilines is 1. The number of nitrogens with one attached hydrogen (secondary N) is 1. The number of nitrogens with zero attached hydrogens (tertiary/aromatic N) is 2. The van der Waals surface area contributed by atoms with E-state index in [1.54, 1.807) is 4.68 Å². The number of carbonyl (C=O) groups excluding carboxylic acids is 1. The molecule has 64 valence electrons. The highest BCUT2D eigenvalue weighted by atomic mass is 16.1. The molecule has 0 fully saturated rings. The van der Waals surface area contributed by atoms with E-state index in [0.717, 1.165) is 25.3 Å². The minimum Gasteiger partial charge on any atom is -0.370 e. The van der Waals surface area contributed by atoms with E-state index in [-0.39, 0.29) is 0 Å². The zero-order chi connectivity index (χ0) is 8.55. The second-order valence-electron chi connectivity index (χ2n) is 2.77. The van der Waals surface area contributed by atoms with E-state index in [2.05, 4.69) is 10.4 Å². The van der Waals surface area contributed by atoms with Crippen molar-refractivity contribution in [2.24, 2.45) is 5.73 Å². The number of aromatic nitrogens is 2. The van der Waals surface area contributed by atoms with Gasteiger partial charge in [-0.3, -0.25) is 4.79 Å². The fourth-order valence-electron chi connectivity index (χ4n) is 1.36. The Balaban J connectivity index is 2.44. The molecule has 0 spiro atoms. The Morgan fingerprint density at radius 1 is 1.75 bits per heavy atom. The summed E-state index contributed by atoms with van der Waals surface area (Å²) in [4.78, 5) is 10.9. The highest BCUT2D eigenvalue weighted by molar-refractivity contribution is 5.97. The first kappa shape index (κ1) is 7.15. The largest absolute Gasteiger partial charge is 0.370 e. The Bertz CT molecular complexity index is 317. The molecule has 0 aliphatic carbocycles. The van der Waals surface area contributed by atoms with Crippen LogP contribution in [0.25, 0.3) is 0 Å². The number of fused-ring (bicyclic) bond motifs is 1. The standard InChI is InChI=1S/C7H10N4O/c8-6(12)5-4-10-11-3-1-2-9-7(5)11/h4,9H,1-3H2,(H2,8,12). The molecule has 12 heavy (non-hydrogen) atoms. The third-order valence-electron chi connectivity index (χ3n) is 1.94. The summed E-state index contributed by atoms with van der Waals surface area (Å²) >= 11 is 0. The summed E-state index contributed by atoms with van der Waals surface area (Å²) in [7, 11) is 0. The minimum absolute atomic E-state index is 0.425. The van der Waals surface area contributed by atoms with Gasteiger partial charge in [0, 0.05) is 13.1 Å². The molecule has 0 atom stereocenters. The van der Waals surface area contributed by atoms with E-state index < -0.39 is 5.91 Å². The molecular formula is C7H10N4O. The highest BCUT2D eigenvalue weighted by Crippen LogP contribution is 2.17. The van der Waals surface area contributed by atoms with Gasteiger partial charge in [-0.1, -0.05) is 0 Å². The Morgan fingerprint density at radius 2 is 2.58 bits per heavy atom. The second kappa shape index (κ2) is 2.51. The molecule has 5 nitrogen and oxygen atoms in total. The number of amides is 1. The van der Waals surface area contributed by atoms with Gasteiger partial charge in [0.2, 0.25) is 0 Å². The van der Waals surface area contributed by atoms with E-state index in [9.17, 15) is 4.79 Å². The monoisotopic (exact) mass is 166 g/mol. The maximum absolute atomic E-state index is 10.9. The maximum atomic E-state index is 10.9. The molecule has 2 heterocycles. The van der Waals surface area contributed by atoms with Crippen LogP contribution in [0.4, 0.5) is 5.82 Å². The van der Waals surface area contributed by atoms with Crippen LogP contribution in [0.5, 0.6) is 0 Å². The summed E-state index contributed by atoms with van der Waals surface area (Å²) in [6, 6.07) is 0. The van der Waals surface area contributed by atoms with E-state index >= 15 is 0 Å². The molecule has 1 amide bonds. The molecule has 0 bridgehead atoms. The van der Waals surface area contributed by atoms with Crippen LogP contribution in [0.15, 0.2) is 6.20 Å². The Labute approximate surface area is 69.5 Å². The number of rotatable bonds is 1. The van der Waals surface area contributed by atoms with Crippen LogP contribution in [-0.2, 0) is 6.54 Å². The molecule has 2 rings (SSSR count). The Morgan fingerprint density at radius 3 is 3.33 bits per heavy atom. The zero-order valence-electron chi connectivity index (χ0n) is 6.58. The lowest BCUT2D eigenvalue weighted by atomic mass is 10.2. The van der Waals surface area contributed by atoms with Crippen LogP contribution < -0.4 is 11.1 Å². The summed E-state index contributed by atoms with van der Waals surface area (Å²) < 4.78 is 1.77. The van der Waals surface area contributed by atoms with Crippen LogP contribution in [0.2, 0.25) is 0 Å². The molecule has 3 N–H and O–H groups in total. The number of hydrogen-bond donors (Lipinski definition) is 2. The van der Waals surface area contributed by atoms with Gasteiger partial charge in [0.05, 0.1) is 6.20 Å². The van der Waals surface area contributed by atoms with Gasteiger partial charge in [-0.05, 0) is 6.42 Å². The molecule has 0 saturated carbocycles. The fraction of sp³-hybridized carbons (Fsp3) is 0.429. The first-order valence-electron chi connectivity index (χ1n) is 3.88. The summed E-state index contributed by atoms with van der Waals surface area (Å²) in [6.45, 7) is 1.74. The van der Waals surface area contributed by atoms with Crippen molar-refractivity contribution in [3.05, 3.63) is 11.8 Å². The fourth-order valence-corrected chi connectivity index (χ4v) is 1.36. The third-order valence-corrected chi connectivity index (χ3v) is 1.94. The van der Waals surface area contributed by atoms with E-state index in [4.69, 9.17) is 5.73 Å². The maximum Gasteiger partial charge on any atom is 0.254 e. The third kappa shape index (κ3) is 0.939. The first-order valence-corrected chi connectivity index (χ1v) is 3.88. The van der Waals surface area contributed by atoms with Crippen LogP contribution in [0.3, 0.4) is 0 Å². The number of carbonyl (C=O) groups is 1. The molecule has 1 aromatic rings. The molecule has 0 saturated heterocycles. The van der Waals surface area contributed by atoms with Gasteiger partial charge in [0.1, 0.15) is 11.4 Å². The number of aryl methyl sites for hydroxylation is 1. The first-order chi connectivity index (χ1) is 5.79. The predicted molar refractivity (Wildman–Crippen MR) is 43.9 cm³/mol. The Hall–Kier alpha value is -1.52.